The summed E-state index contributed by atoms with van der Waals surface area (Å²) in [5, 5.41) is 14.1. The SMILES string of the molecule is CCC(C(=O)NC(Cc1ccccc1)c1nnc(SCc2ccccc2)n1-c1cc(Cl)ccc1C)c1ccccc1. The predicted octanol–water partition coefficient (Wildman–Crippen LogP) is 8.12. The van der Waals surface area contributed by atoms with Gasteiger partial charge < -0.3 is 5.32 Å². The van der Waals surface area contributed by atoms with Crippen LogP contribution in [0, 0.1) is 6.92 Å². The lowest BCUT2D eigenvalue weighted by Gasteiger charge is -2.24. The van der Waals surface area contributed by atoms with Crippen LogP contribution >= 0.6 is 23.4 Å². The first kappa shape index (κ1) is 28.7. The molecule has 0 bridgehead atoms. The van der Waals surface area contributed by atoms with Crippen molar-refractivity contribution in [2.24, 2.45) is 0 Å². The molecule has 0 spiro atoms. The summed E-state index contributed by atoms with van der Waals surface area (Å²) in [5.41, 5.74) is 5.23. The van der Waals surface area contributed by atoms with Crippen LogP contribution in [0.2, 0.25) is 5.02 Å². The second-order valence-corrected chi connectivity index (χ2v) is 11.4. The molecule has 208 valence electrons. The lowest BCUT2D eigenvalue weighted by atomic mass is 9.94. The fraction of sp³-hybridized carbons (Fsp3) is 0.206. The molecule has 41 heavy (non-hydrogen) atoms. The van der Waals surface area contributed by atoms with E-state index in [2.05, 4.69) is 39.2 Å². The number of carbonyl (C=O) groups is 1. The number of nitrogens with one attached hydrogen (secondary N) is 1. The molecular weight excluding hydrogens is 548 g/mol. The van der Waals surface area contributed by atoms with Crippen molar-refractivity contribution in [3.63, 3.8) is 0 Å². The average Bonchev–Trinajstić information content (AvgIpc) is 3.42. The zero-order valence-corrected chi connectivity index (χ0v) is 24.8. The Balaban J connectivity index is 1.57. The quantitative estimate of drug-likeness (QED) is 0.160. The van der Waals surface area contributed by atoms with Gasteiger partial charge in [-0.25, -0.2) is 0 Å². The molecule has 1 amide bonds. The molecular formula is C34H33ClN4OS. The smallest absolute Gasteiger partial charge is 0.228 e. The van der Waals surface area contributed by atoms with Crippen LogP contribution in [0.25, 0.3) is 5.69 Å². The summed E-state index contributed by atoms with van der Waals surface area (Å²) < 4.78 is 2.06. The third kappa shape index (κ3) is 7.07. The second kappa shape index (κ2) is 13.7. The number of aryl methyl sites for hydroxylation is 1. The van der Waals surface area contributed by atoms with E-state index in [4.69, 9.17) is 16.7 Å². The molecule has 4 aromatic carbocycles. The topological polar surface area (TPSA) is 59.8 Å². The maximum atomic E-state index is 13.8. The number of aromatic nitrogens is 3. The minimum Gasteiger partial charge on any atom is -0.345 e. The van der Waals surface area contributed by atoms with Crippen LogP contribution in [-0.4, -0.2) is 20.7 Å². The van der Waals surface area contributed by atoms with E-state index in [9.17, 15) is 4.79 Å². The molecule has 0 aliphatic rings. The highest BCUT2D eigenvalue weighted by atomic mass is 35.5. The number of halogens is 1. The van der Waals surface area contributed by atoms with Crippen LogP contribution in [0.15, 0.2) is 114 Å². The van der Waals surface area contributed by atoms with Crippen LogP contribution in [0.3, 0.4) is 0 Å². The molecule has 5 rings (SSSR count). The highest BCUT2D eigenvalue weighted by molar-refractivity contribution is 7.98. The van der Waals surface area contributed by atoms with Gasteiger partial charge in [0.25, 0.3) is 0 Å². The van der Waals surface area contributed by atoms with Gasteiger partial charge in [-0.15, -0.1) is 10.2 Å². The number of hydrogen-bond donors (Lipinski definition) is 1. The number of benzene rings is 4. The summed E-state index contributed by atoms with van der Waals surface area (Å²) in [6.45, 7) is 4.09. The number of hydrogen-bond acceptors (Lipinski definition) is 4. The number of amides is 1. The van der Waals surface area contributed by atoms with Crippen molar-refractivity contribution in [3.05, 3.63) is 142 Å². The molecule has 0 aliphatic carbocycles. The van der Waals surface area contributed by atoms with E-state index in [-0.39, 0.29) is 11.8 Å². The zero-order chi connectivity index (χ0) is 28.6. The molecule has 1 N–H and O–H groups in total. The predicted molar refractivity (Wildman–Crippen MR) is 168 cm³/mol. The molecule has 0 aliphatic heterocycles. The molecule has 0 saturated carbocycles. The summed E-state index contributed by atoms with van der Waals surface area (Å²) >= 11 is 8.12. The molecule has 2 atom stereocenters. The van der Waals surface area contributed by atoms with Gasteiger partial charge in [0.1, 0.15) is 0 Å². The van der Waals surface area contributed by atoms with Gasteiger partial charge in [0.2, 0.25) is 5.91 Å². The number of thioether (sulfide) groups is 1. The van der Waals surface area contributed by atoms with Gasteiger partial charge in [0.05, 0.1) is 17.6 Å². The lowest BCUT2D eigenvalue weighted by molar-refractivity contribution is -0.123. The molecule has 2 unspecified atom stereocenters. The number of nitrogens with zero attached hydrogens (tertiary/aromatic N) is 3. The second-order valence-electron chi connectivity index (χ2n) is 10.0. The van der Waals surface area contributed by atoms with E-state index < -0.39 is 6.04 Å². The van der Waals surface area contributed by atoms with Crippen LogP contribution in [-0.2, 0) is 17.0 Å². The van der Waals surface area contributed by atoms with E-state index in [1.54, 1.807) is 11.8 Å². The molecule has 5 aromatic rings. The van der Waals surface area contributed by atoms with E-state index in [1.807, 2.05) is 98.8 Å². The van der Waals surface area contributed by atoms with Gasteiger partial charge in [0.15, 0.2) is 11.0 Å². The maximum absolute atomic E-state index is 13.8. The highest BCUT2D eigenvalue weighted by Gasteiger charge is 2.28. The van der Waals surface area contributed by atoms with Crippen LogP contribution in [0.1, 0.15) is 53.4 Å². The van der Waals surface area contributed by atoms with Crippen LogP contribution in [0.4, 0.5) is 0 Å². The molecule has 1 heterocycles. The van der Waals surface area contributed by atoms with E-state index in [0.29, 0.717) is 23.7 Å². The Hall–Kier alpha value is -3.87. The summed E-state index contributed by atoms with van der Waals surface area (Å²) in [6, 6.07) is 35.8. The van der Waals surface area contributed by atoms with Crippen molar-refractivity contribution >= 4 is 29.3 Å². The average molecular weight is 581 g/mol. The zero-order valence-electron chi connectivity index (χ0n) is 23.2. The van der Waals surface area contributed by atoms with Gasteiger partial charge in [0, 0.05) is 10.8 Å². The Morgan fingerprint density at radius 2 is 1.51 bits per heavy atom. The van der Waals surface area contributed by atoms with Crippen molar-refractivity contribution in [3.8, 4) is 5.69 Å². The minimum absolute atomic E-state index is 0.0320. The fourth-order valence-electron chi connectivity index (χ4n) is 4.96. The largest absolute Gasteiger partial charge is 0.345 e. The standard InChI is InChI=1S/C34H33ClN4OS/c1-3-29(27-17-11-6-12-18-27)33(40)36-30(21-25-13-7-4-8-14-25)32-37-38-34(41-23-26-15-9-5-10-16-26)39(32)31-22-28(35)20-19-24(31)2/h4-20,22,29-30H,3,21,23H2,1-2H3,(H,36,40). The molecule has 5 nitrogen and oxygen atoms in total. The Bertz CT molecular complexity index is 1570. The molecule has 7 heteroatoms. The minimum atomic E-state index is -0.417. The third-order valence-corrected chi connectivity index (χ3v) is 8.35. The molecule has 1 aromatic heterocycles. The first-order valence-electron chi connectivity index (χ1n) is 13.8. The normalized spacial score (nSPS) is 12.6. The summed E-state index contributed by atoms with van der Waals surface area (Å²) in [6.07, 6.45) is 1.26. The fourth-order valence-corrected chi connectivity index (χ4v) is 6.03. The van der Waals surface area contributed by atoms with Gasteiger partial charge in [-0.1, -0.05) is 127 Å². The lowest BCUT2D eigenvalue weighted by Crippen LogP contribution is -2.35. The van der Waals surface area contributed by atoms with Gasteiger partial charge in [-0.3, -0.25) is 9.36 Å². The Kier molecular flexibility index (Phi) is 9.55. The Morgan fingerprint density at radius 3 is 2.17 bits per heavy atom. The van der Waals surface area contributed by atoms with E-state index >= 15 is 0 Å². The van der Waals surface area contributed by atoms with E-state index in [1.165, 1.54) is 5.56 Å². The van der Waals surface area contributed by atoms with Crippen molar-refractivity contribution in [1.82, 2.24) is 20.1 Å². The Morgan fingerprint density at radius 1 is 0.878 bits per heavy atom. The summed E-state index contributed by atoms with van der Waals surface area (Å²) in [5.74, 6) is 1.10. The maximum Gasteiger partial charge on any atom is 0.228 e. The molecule has 0 fully saturated rings. The summed E-state index contributed by atoms with van der Waals surface area (Å²) in [4.78, 5) is 13.8. The number of rotatable bonds is 11. The third-order valence-electron chi connectivity index (χ3n) is 7.12. The van der Waals surface area contributed by atoms with Gasteiger partial charge >= 0.3 is 0 Å². The monoisotopic (exact) mass is 580 g/mol. The van der Waals surface area contributed by atoms with Crippen LogP contribution in [0.5, 0.6) is 0 Å². The van der Waals surface area contributed by atoms with Crippen LogP contribution < -0.4 is 5.32 Å². The van der Waals surface area contributed by atoms with Crippen molar-refractivity contribution in [2.45, 2.75) is 49.6 Å². The summed E-state index contributed by atoms with van der Waals surface area (Å²) in [7, 11) is 0. The highest BCUT2D eigenvalue weighted by Crippen LogP contribution is 2.32. The molecule has 0 radical (unpaired) electrons. The molecule has 0 saturated heterocycles. The van der Waals surface area contributed by atoms with E-state index in [0.717, 1.165) is 33.3 Å². The van der Waals surface area contributed by atoms with Crippen molar-refractivity contribution in [1.29, 1.82) is 0 Å². The van der Waals surface area contributed by atoms with Gasteiger partial charge in [-0.05, 0) is 54.2 Å². The first-order valence-corrected chi connectivity index (χ1v) is 15.2. The van der Waals surface area contributed by atoms with Crippen molar-refractivity contribution in [2.75, 3.05) is 0 Å². The van der Waals surface area contributed by atoms with Crippen molar-refractivity contribution < 1.29 is 4.79 Å². The number of carbonyl (C=O) groups excluding carboxylic acids is 1. The Labute approximate surface area is 251 Å². The van der Waals surface area contributed by atoms with Gasteiger partial charge in [-0.2, -0.15) is 0 Å². The first-order chi connectivity index (χ1) is 20.0.